The molecular weight excluding hydrogens is 262 g/mol. The van der Waals surface area contributed by atoms with Gasteiger partial charge in [-0.25, -0.2) is 0 Å². The predicted molar refractivity (Wildman–Crippen MR) is 75.5 cm³/mol. The van der Waals surface area contributed by atoms with E-state index in [2.05, 4.69) is 27.3 Å². The first-order valence-corrected chi connectivity index (χ1v) is 7.27. The van der Waals surface area contributed by atoms with E-state index in [0.29, 0.717) is 17.0 Å². The summed E-state index contributed by atoms with van der Waals surface area (Å²) in [6.45, 7) is 2.27. The van der Waals surface area contributed by atoms with Gasteiger partial charge in [0.15, 0.2) is 0 Å². The second-order valence-electron chi connectivity index (χ2n) is 5.22. The van der Waals surface area contributed by atoms with Crippen molar-refractivity contribution in [1.29, 1.82) is 0 Å². The van der Waals surface area contributed by atoms with Gasteiger partial charge < -0.3 is 5.32 Å². The van der Waals surface area contributed by atoms with Gasteiger partial charge in [-0.1, -0.05) is 37.8 Å². The number of fused-ring (bicyclic) bond motifs is 1. The van der Waals surface area contributed by atoms with Gasteiger partial charge in [-0.05, 0) is 18.8 Å². The zero-order valence-corrected chi connectivity index (χ0v) is 11.8. The van der Waals surface area contributed by atoms with E-state index in [9.17, 15) is 0 Å². The first-order chi connectivity index (χ1) is 9.26. The summed E-state index contributed by atoms with van der Waals surface area (Å²) in [5.41, 5.74) is 0. The molecule has 0 amide bonds. The van der Waals surface area contributed by atoms with Crippen LogP contribution in [0.5, 0.6) is 0 Å². The molecule has 0 aliphatic heterocycles. The Kier molecular flexibility index (Phi) is 3.55. The number of aromatic nitrogens is 4. The van der Waals surface area contributed by atoms with Crippen molar-refractivity contribution in [3.8, 4) is 0 Å². The minimum Gasteiger partial charge on any atom is -0.367 e. The summed E-state index contributed by atoms with van der Waals surface area (Å²) in [4.78, 5) is 8.22. The second kappa shape index (κ2) is 5.33. The molecule has 0 bridgehead atoms. The maximum absolute atomic E-state index is 6.02. The van der Waals surface area contributed by atoms with E-state index in [1.54, 1.807) is 4.52 Å². The van der Waals surface area contributed by atoms with Gasteiger partial charge in [0.1, 0.15) is 17.3 Å². The minimum absolute atomic E-state index is 0.450. The Morgan fingerprint density at radius 3 is 3.21 bits per heavy atom. The van der Waals surface area contributed by atoms with Gasteiger partial charge in [-0.2, -0.15) is 19.6 Å². The Hall–Kier alpha value is -1.36. The van der Waals surface area contributed by atoms with Crippen LogP contribution in [0.4, 0.5) is 5.82 Å². The van der Waals surface area contributed by atoms with E-state index in [1.807, 2.05) is 6.07 Å². The third kappa shape index (κ3) is 2.66. The molecule has 3 rings (SSSR count). The molecule has 6 heteroatoms. The Balaban J connectivity index is 1.82. The SMILES string of the molecule is CCC1CCCC(Nc2cc(Cl)nc3ncnn23)C1. The van der Waals surface area contributed by atoms with Crippen LogP contribution in [0.25, 0.3) is 5.78 Å². The van der Waals surface area contributed by atoms with Crippen LogP contribution in [-0.4, -0.2) is 25.6 Å². The van der Waals surface area contributed by atoms with Crippen LogP contribution in [0.15, 0.2) is 12.4 Å². The van der Waals surface area contributed by atoms with Crippen molar-refractivity contribution >= 4 is 23.2 Å². The van der Waals surface area contributed by atoms with E-state index in [-0.39, 0.29) is 0 Å². The number of nitrogens with one attached hydrogen (secondary N) is 1. The van der Waals surface area contributed by atoms with Gasteiger partial charge in [0.05, 0.1) is 0 Å². The molecule has 0 spiro atoms. The fourth-order valence-electron chi connectivity index (χ4n) is 2.89. The lowest BCUT2D eigenvalue weighted by molar-refractivity contribution is 0.326. The van der Waals surface area contributed by atoms with Gasteiger partial charge in [-0.3, -0.25) is 0 Å². The van der Waals surface area contributed by atoms with Crippen LogP contribution >= 0.6 is 11.6 Å². The van der Waals surface area contributed by atoms with Crippen LogP contribution in [0, 0.1) is 5.92 Å². The molecule has 5 nitrogen and oxygen atoms in total. The summed E-state index contributed by atoms with van der Waals surface area (Å²) in [7, 11) is 0. The monoisotopic (exact) mass is 279 g/mol. The van der Waals surface area contributed by atoms with Gasteiger partial charge >= 0.3 is 0 Å². The van der Waals surface area contributed by atoms with E-state index < -0.39 is 0 Å². The second-order valence-corrected chi connectivity index (χ2v) is 5.61. The number of nitrogens with zero attached hydrogens (tertiary/aromatic N) is 4. The average molecular weight is 280 g/mol. The molecule has 2 heterocycles. The molecule has 1 aliphatic carbocycles. The summed E-state index contributed by atoms with van der Waals surface area (Å²) in [5.74, 6) is 2.25. The van der Waals surface area contributed by atoms with Crippen molar-refractivity contribution in [2.45, 2.75) is 45.1 Å². The molecule has 1 saturated carbocycles. The summed E-state index contributed by atoms with van der Waals surface area (Å²) in [6.07, 6.45) is 7.81. The molecule has 0 aromatic carbocycles. The lowest BCUT2D eigenvalue weighted by Crippen LogP contribution is -2.28. The van der Waals surface area contributed by atoms with Gasteiger partial charge in [0, 0.05) is 12.1 Å². The smallest absolute Gasteiger partial charge is 0.255 e. The van der Waals surface area contributed by atoms with Crippen LogP contribution in [-0.2, 0) is 0 Å². The molecule has 0 saturated heterocycles. The number of hydrogen-bond donors (Lipinski definition) is 1. The van der Waals surface area contributed by atoms with E-state index >= 15 is 0 Å². The fourth-order valence-corrected chi connectivity index (χ4v) is 3.07. The van der Waals surface area contributed by atoms with Crippen molar-refractivity contribution in [3.63, 3.8) is 0 Å². The molecule has 2 aromatic rings. The average Bonchev–Trinajstić information content (AvgIpc) is 2.87. The summed E-state index contributed by atoms with van der Waals surface area (Å²) in [6, 6.07) is 2.31. The molecule has 2 atom stereocenters. The fraction of sp³-hybridized carbons (Fsp3) is 0.615. The number of hydrogen-bond acceptors (Lipinski definition) is 4. The Labute approximate surface area is 117 Å². The van der Waals surface area contributed by atoms with Gasteiger partial charge in [-0.15, -0.1) is 0 Å². The van der Waals surface area contributed by atoms with Crippen LogP contribution in [0.2, 0.25) is 5.15 Å². The van der Waals surface area contributed by atoms with Crippen LogP contribution < -0.4 is 5.32 Å². The first kappa shape index (κ1) is 12.7. The number of halogens is 1. The highest BCUT2D eigenvalue weighted by Crippen LogP contribution is 2.29. The lowest BCUT2D eigenvalue weighted by Gasteiger charge is -2.29. The zero-order valence-electron chi connectivity index (χ0n) is 11.0. The molecule has 1 aliphatic rings. The topological polar surface area (TPSA) is 55.1 Å². The molecule has 19 heavy (non-hydrogen) atoms. The van der Waals surface area contributed by atoms with E-state index in [0.717, 1.165) is 11.7 Å². The van der Waals surface area contributed by atoms with E-state index in [4.69, 9.17) is 11.6 Å². The third-order valence-corrected chi connectivity index (χ3v) is 4.13. The lowest BCUT2D eigenvalue weighted by atomic mass is 9.84. The van der Waals surface area contributed by atoms with Crippen molar-refractivity contribution in [2.75, 3.05) is 5.32 Å². The largest absolute Gasteiger partial charge is 0.367 e. The third-order valence-electron chi connectivity index (χ3n) is 3.93. The number of rotatable bonds is 3. The molecule has 2 aromatic heterocycles. The Morgan fingerprint density at radius 2 is 2.37 bits per heavy atom. The minimum atomic E-state index is 0.450. The van der Waals surface area contributed by atoms with E-state index in [1.165, 1.54) is 38.4 Å². The van der Waals surface area contributed by atoms with Crippen molar-refractivity contribution in [3.05, 3.63) is 17.5 Å². The van der Waals surface area contributed by atoms with Gasteiger partial charge in [0.2, 0.25) is 0 Å². The highest BCUT2D eigenvalue weighted by Gasteiger charge is 2.21. The molecule has 1 N–H and O–H groups in total. The molecule has 102 valence electrons. The van der Waals surface area contributed by atoms with Crippen molar-refractivity contribution in [2.24, 2.45) is 5.92 Å². The van der Waals surface area contributed by atoms with Crippen molar-refractivity contribution < 1.29 is 0 Å². The summed E-state index contributed by atoms with van der Waals surface area (Å²) >= 11 is 6.02. The highest BCUT2D eigenvalue weighted by atomic mass is 35.5. The highest BCUT2D eigenvalue weighted by molar-refractivity contribution is 6.29. The summed E-state index contributed by atoms with van der Waals surface area (Å²) < 4.78 is 1.71. The first-order valence-electron chi connectivity index (χ1n) is 6.89. The normalized spacial score (nSPS) is 23.7. The van der Waals surface area contributed by atoms with Gasteiger partial charge in [0.25, 0.3) is 5.78 Å². The standard InChI is InChI=1S/C13H18ClN5/c1-2-9-4-3-5-10(6-9)17-12-7-11(14)18-13-15-8-16-19(12)13/h7-10,17H,2-6H2,1H3. The molecule has 1 fully saturated rings. The molecule has 0 radical (unpaired) electrons. The Morgan fingerprint density at radius 1 is 1.47 bits per heavy atom. The zero-order chi connectivity index (χ0) is 13.2. The maximum atomic E-state index is 6.02. The summed E-state index contributed by atoms with van der Waals surface area (Å²) in [5, 5.41) is 8.19. The predicted octanol–water partition coefficient (Wildman–Crippen LogP) is 3.16. The van der Waals surface area contributed by atoms with Crippen LogP contribution in [0.3, 0.4) is 0 Å². The quantitative estimate of drug-likeness (QED) is 0.877. The van der Waals surface area contributed by atoms with Crippen molar-refractivity contribution in [1.82, 2.24) is 19.6 Å². The molecular formula is C13H18ClN5. The Bertz CT molecular complexity index is 567. The molecule has 2 unspecified atom stereocenters. The number of anilines is 1. The van der Waals surface area contributed by atoms with Crippen LogP contribution in [0.1, 0.15) is 39.0 Å². The maximum Gasteiger partial charge on any atom is 0.255 e.